The molecule has 2 aliphatic rings. The third-order valence-electron chi connectivity index (χ3n) is 4.26. The van der Waals surface area contributed by atoms with Crippen molar-refractivity contribution in [1.29, 1.82) is 0 Å². The molecular weight excluding hydrogens is 216 g/mol. The first-order valence-electron chi connectivity index (χ1n) is 6.84. The summed E-state index contributed by atoms with van der Waals surface area (Å²) < 4.78 is 0. The molecule has 0 bridgehead atoms. The van der Waals surface area contributed by atoms with Gasteiger partial charge in [-0.1, -0.05) is 6.42 Å². The van der Waals surface area contributed by atoms with E-state index in [-0.39, 0.29) is 18.6 Å². The van der Waals surface area contributed by atoms with E-state index in [2.05, 4.69) is 5.32 Å². The SMILES string of the molecule is NC(CC(=O)NCC1CCCC1CO)C1CC1. The maximum absolute atomic E-state index is 11.7. The Bertz CT molecular complexity index is 266. The van der Waals surface area contributed by atoms with Crippen LogP contribution in [0.25, 0.3) is 0 Å². The first-order chi connectivity index (χ1) is 8.20. The van der Waals surface area contributed by atoms with Crippen molar-refractivity contribution in [2.24, 2.45) is 23.5 Å². The van der Waals surface area contributed by atoms with Crippen LogP contribution in [0.15, 0.2) is 0 Å². The van der Waals surface area contributed by atoms with Crippen LogP contribution in [-0.2, 0) is 4.79 Å². The Morgan fingerprint density at radius 2 is 2.00 bits per heavy atom. The highest BCUT2D eigenvalue weighted by Crippen LogP contribution is 2.33. The lowest BCUT2D eigenvalue weighted by atomic mass is 9.97. The zero-order chi connectivity index (χ0) is 12.3. The maximum atomic E-state index is 11.7. The molecule has 4 N–H and O–H groups in total. The molecule has 0 heterocycles. The van der Waals surface area contributed by atoms with E-state index >= 15 is 0 Å². The van der Waals surface area contributed by atoms with Gasteiger partial charge in [-0.25, -0.2) is 0 Å². The number of amides is 1. The van der Waals surface area contributed by atoms with Gasteiger partial charge in [0.15, 0.2) is 0 Å². The summed E-state index contributed by atoms with van der Waals surface area (Å²) in [7, 11) is 0. The van der Waals surface area contributed by atoms with Crippen molar-refractivity contribution in [3.8, 4) is 0 Å². The van der Waals surface area contributed by atoms with E-state index < -0.39 is 0 Å². The van der Waals surface area contributed by atoms with Gasteiger partial charge in [-0.3, -0.25) is 4.79 Å². The molecule has 3 unspecified atom stereocenters. The predicted octanol–water partition coefficient (Wildman–Crippen LogP) is 0.639. The number of rotatable bonds is 6. The van der Waals surface area contributed by atoms with Gasteiger partial charge in [-0.15, -0.1) is 0 Å². The van der Waals surface area contributed by atoms with Crippen LogP contribution >= 0.6 is 0 Å². The molecule has 2 aliphatic carbocycles. The summed E-state index contributed by atoms with van der Waals surface area (Å²) in [5.74, 6) is 1.50. The maximum Gasteiger partial charge on any atom is 0.221 e. The lowest BCUT2D eigenvalue weighted by molar-refractivity contribution is -0.121. The average Bonchev–Trinajstić information content (AvgIpc) is 3.06. The molecule has 98 valence electrons. The van der Waals surface area contributed by atoms with Crippen molar-refractivity contribution in [1.82, 2.24) is 5.32 Å². The highest BCUT2D eigenvalue weighted by atomic mass is 16.3. The Morgan fingerprint density at radius 1 is 1.29 bits per heavy atom. The summed E-state index contributed by atoms with van der Waals surface area (Å²) in [5, 5.41) is 12.2. The van der Waals surface area contributed by atoms with E-state index in [0.29, 0.717) is 30.7 Å². The van der Waals surface area contributed by atoms with E-state index in [9.17, 15) is 9.90 Å². The van der Waals surface area contributed by atoms with Gasteiger partial charge in [0.25, 0.3) is 0 Å². The predicted molar refractivity (Wildman–Crippen MR) is 66.2 cm³/mol. The molecule has 3 atom stereocenters. The van der Waals surface area contributed by atoms with E-state index in [0.717, 1.165) is 12.8 Å². The molecule has 4 heteroatoms. The third kappa shape index (κ3) is 3.68. The third-order valence-corrected chi connectivity index (χ3v) is 4.26. The monoisotopic (exact) mass is 240 g/mol. The molecule has 0 aromatic carbocycles. The van der Waals surface area contributed by atoms with Crippen LogP contribution in [0.1, 0.15) is 38.5 Å². The minimum atomic E-state index is 0.0483. The number of hydrogen-bond donors (Lipinski definition) is 3. The minimum Gasteiger partial charge on any atom is -0.396 e. The molecule has 0 saturated heterocycles. The fourth-order valence-corrected chi connectivity index (χ4v) is 2.84. The topological polar surface area (TPSA) is 75.4 Å². The van der Waals surface area contributed by atoms with Crippen LogP contribution in [0, 0.1) is 17.8 Å². The van der Waals surface area contributed by atoms with E-state index in [1.54, 1.807) is 0 Å². The summed E-state index contributed by atoms with van der Waals surface area (Å²) in [6.07, 6.45) is 6.22. The van der Waals surface area contributed by atoms with E-state index in [1.165, 1.54) is 19.3 Å². The van der Waals surface area contributed by atoms with Crippen LogP contribution in [0.3, 0.4) is 0 Å². The van der Waals surface area contributed by atoms with Crippen LogP contribution in [0.4, 0.5) is 0 Å². The Labute approximate surface area is 103 Å². The van der Waals surface area contributed by atoms with Gasteiger partial charge >= 0.3 is 0 Å². The smallest absolute Gasteiger partial charge is 0.221 e. The zero-order valence-corrected chi connectivity index (χ0v) is 10.4. The molecule has 0 aromatic heterocycles. The molecule has 0 radical (unpaired) electrons. The molecule has 0 spiro atoms. The number of aliphatic hydroxyl groups excluding tert-OH is 1. The molecule has 0 aromatic rings. The summed E-state index contributed by atoms with van der Waals surface area (Å²) in [4.78, 5) is 11.7. The van der Waals surface area contributed by atoms with Crippen molar-refractivity contribution in [3.63, 3.8) is 0 Å². The number of aliphatic hydroxyl groups is 1. The van der Waals surface area contributed by atoms with E-state index in [1.807, 2.05) is 0 Å². The Kier molecular flexibility index (Phi) is 4.40. The highest BCUT2D eigenvalue weighted by molar-refractivity contribution is 5.76. The molecule has 0 aliphatic heterocycles. The number of nitrogens with two attached hydrogens (primary N) is 1. The van der Waals surface area contributed by atoms with Crippen molar-refractivity contribution >= 4 is 5.91 Å². The normalized spacial score (nSPS) is 30.2. The molecule has 17 heavy (non-hydrogen) atoms. The second-order valence-corrected chi connectivity index (χ2v) is 5.64. The van der Waals surface area contributed by atoms with Crippen LogP contribution < -0.4 is 11.1 Å². The number of carbonyl (C=O) groups excluding carboxylic acids is 1. The second-order valence-electron chi connectivity index (χ2n) is 5.64. The fraction of sp³-hybridized carbons (Fsp3) is 0.923. The summed E-state index contributed by atoms with van der Waals surface area (Å²) in [6.45, 7) is 0.962. The van der Waals surface area contributed by atoms with Crippen molar-refractivity contribution < 1.29 is 9.90 Å². The number of carbonyl (C=O) groups is 1. The lowest BCUT2D eigenvalue weighted by Gasteiger charge is -2.18. The van der Waals surface area contributed by atoms with Crippen LogP contribution in [-0.4, -0.2) is 30.2 Å². The Balaban J connectivity index is 1.64. The van der Waals surface area contributed by atoms with Gasteiger partial charge in [0.1, 0.15) is 0 Å². The largest absolute Gasteiger partial charge is 0.396 e. The molecule has 2 rings (SSSR count). The zero-order valence-electron chi connectivity index (χ0n) is 10.4. The van der Waals surface area contributed by atoms with Crippen molar-refractivity contribution in [3.05, 3.63) is 0 Å². The van der Waals surface area contributed by atoms with Gasteiger partial charge in [0.2, 0.25) is 5.91 Å². The number of nitrogens with one attached hydrogen (secondary N) is 1. The highest BCUT2D eigenvalue weighted by Gasteiger charge is 2.30. The standard InChI is InChI=1S/C13H24N2O2/c14-12(9-4-5-9)6-13(17)15-7-10-2-1-3-11(10)8-16/h9-12,16H,1-8,14H2,(H,15,17). The quantitative estimate of drug-likeness (QED) is 0.637. The fourth-order valence-electron chi connectivity index (χ4n) is 2.84. The summed E-state index contributed by atoms with van der Waals surface area (Å²) in [5.41, 5.74) is 5.92. The molecule has 4 nitrogen and oxygen atoms in total. The first-order valence-corrected chi connectivity index (χ1v) is 6.84. The minimum absolute atomic E-state index is 0.0483. The molecule has 2 saturated carbocycles. The lowest BCUT2D eigenvalue weighted by Crippen LogP contribution is -2.36. The Hall–Kier alpha value is -0.610. The Morgan fingerprint density at radius 3 is 2.65 bits per heavy atom. The van der Waals surface area contributed by atoms with Gasteiger partial charge in [-0.05, 0) is 43.4 Å². The van der Waals surface area contributed by atoms with Crippen LogP contribution in [0.5, 0.6) is 0 Å². The van der Waals surface area contributed by atoms with Crippen molar-refractivity contribution in [2.75, 3.05) is 13.2 Å². The van der Waals surface area contributed by atoms with Gasteiger partial charge in [-0.2, -0.15) is 0 Å². The van der Waals surface area contributed by atoms with Gasteiger partial charge in [0.05, 0.1) is 0 Å². The second kappa shape index (κ2) is 5.83. The molecular formula is C13H24N2O2. The average molecular weight is 240 g/mol. The number of hydrogen-bond acceptors (Lipinski definition) is 3. The summed E-state index contributed by atoms with van der Waals surface area (Å²) >= 11 is 0. The molecule has 2 fully saturated rings. The van der Waals surface area contributed by atoms with Gasteiger partial charge < -0.3 is 16.2 Å². The molecule has 1 amide bonds. The summed E-state index contributed by atoms with van der Waals surface area (Å²) in [6, 6.07) is 0.0483. The van der Waals surface area contributed by atoms with E-state index in [4.69, 9.17) is 5.73 Å². The van der Waals surface area contributed by atoms with Gasteiger partial charge in [0, 0.05) is 25.6 Å². The van der Waals surface area contributed by atoms with Crippen LogP contribution in [0.2, 0.25) is 0 Å². The van der Waals surface area contributed by atoms with Crippen molar-refractivity contribution in [2.45, 2.75) is 44.6 Å². The first kappa shape index (κ1) is 12.8.